The highest BCUT2D eigenvalue weighted by molar-refractivity contribution is 5.95. The van der Waals surface area contributed by atoms with Crippen molar-refractivity contribution in [3.63, 3.8) is 0 Å². The average molecular weight is 546 g/mol. The minimum atomic E-state index is -1.46. The van der Waals surface area contributed by atoms with Crippen LogP contribution in [0.4, 0.5) is 0 Å². The van der Waals surface area contributed by atoms with Crippen molar-refractivity contribution in [1.29, 1.82) is 0 Å². The highest BCUT2D eigenvalue weighted by Crippen LogP contribution is 2.06. The number of guanidine groups is 1. The predicted octanol–water partition coefficient (Wildman–Crippen LogP) is -4.22. The molecule has 4 amide bonds. The summed E-state index contributed by atoms with van der Waals surface area (Å²) in [6.45, 7) is 0.432. The Kier molecular flexibility index (Phi) is 16.4. The number of unbranched alkanes of at least 4 members (excludes halogenated alkanes) is 1. The Hall–Kier alpha value is -3.99. The fourth-order valence-electron chi connectivity index (χ4n) is 3.18. The van der Waals surface area contributed by atoms with E-state index >= 15 is 0 Å². The van der Waals surface area contributed by atoms with Gasteiger partial charge in [-0.3, -0.25) is 29.0 Å². The fraction of sp³-hybridized carbons (Fsp3) is 0.667. The number of hydrogen-bond acceptors (Lipinski definition) is 9. The Balaban J connectivity index is 5.67. The molecule has 0 saturated heterocycles. The number of aliphatic imine (C=N–C) groups is 1. The topological polar surface area (TPSA) is 321 Å². The first-order valence-corrected chi connectivity index (χ1v) is 11.9. The van der Waals surface area contributed by atoms with Gasteiger partial charge in [-0.25, -0.2) is 4.79 Å². The number of carbonyl (C=O) groups is 6. The SMILES string of the molecule is NCCCCC(NC(=O)C(CCC(N)=O)NC(=O)C(CCCN=C(N)N)NC(=O)C(N)CC(=O)O)C(=O)O. The van der Waals surface area contributed by atoms with Gasteiger partial charge in [-0.15, -0.1) is 0 Å². The quantitative estimate of drug-likeness (QED) is 0.0395. The molecule has 216 valence electrons. The molecule has 0 aliphatic rings. The summed E-state index contributed by atoms with van der Waals surface area (Å²) in [6.07, 6.45) is -0.0545. The zero-order valence-electron chi connectivity index (χ0n) is 21.1. The van der Waals surface area contributed by atoms with Crippen LogP contribution in [0.1, 0.15) is 51.4 Å². The lowest BCUT2D eigenvalue weighted by Crippen LogP contribution is -2.57. The number of amides is 4. The maximum atomic E-state index is 13.0. The first-order valence-electron chi connectivity index (χ1n) is 11.9. The fourth-order valence-corrected chi connectivity index (χ4v) is 3.18. The van der Waals surface area contributed by atoms with E-state index in [0.717, 1.165) is 0 Å². The molecular weight excluding hydrogens is 506 g/mol. The van der Waals surface area contributed by atoms with Crippen molar-refractivity contribution in [1.82, 2.24) is 16.0 Å². The number of aliphatic carboxylic acids is 2. The second-order valence-corrected chi connectivity index (χ2v) is 8.46. The van der Waals surface area contributed by atoms with Crippen molar-refractivity contribution < 1.29 is 39.0 Å². The zero-order chi connectivity index (χ0) is 29.3. The Morgan fingerprint density at radius 2 is 1.26 bits per heavy atom. The van der Waals surface area contributed by atoms with Crippen LogP contribution in [0.3, 0.4) is 0 Å². The third-order valence-electron chi connectivity index (χ3n) is 5.18. The zero-order valence-corrected chi connectivity index (χ0v) is 21.1. The number of carboxylic acids is 2. The van der Waals surface area contributed by atoms with E-state index in [9.17, 15) is 33.9 Å². The lowest BCUT2D eigenvalue weighted by Gasteiger charge is -2.25. The normalized spacial score (nSPS) is 13.7. The standard InChI is InChI=1S/C21H39N9O8/c22-8-2-1-4-14(20(37)38)30-19(36)13(6-7-15(24)31)29-18(35)12(5-3-9-27-21(25)26)28-17(34)11(23)10-16(32)33/h11-14H,1-10,22-23H2,(H2,24,31)(H,28,34)(H,29,35)(H,30,36)(H,32,33)(H,37,38)(H4,25,26,27). The van der Waals surface area contributed by atoms with Gasteiger partial charge in [0.25, 0.3) is 0 Å². The van der Waals surface area contributed by atoms with Crippen LogP contribution in [0.25, 0.3) is 0 Å². The van der Waals surface area contributed by atoms with Crippen LogP contribution in [0.15, 0.2) is 4.99 Å². The van der Waals surface area contributed by atoms with Gasteiger partial charge in [0.2, 0.25) is 23.6 Å². The number of nitrogens with zero attached hydrogens (tertiary/aromatic N) is 1. The third kappa shape index (κ3) is 15.2. The molecule has 4 atom stereocenters. The number of hydrogen-bond donors (Lipinski definition) is 10. The number of nitrogens with one attached hydrogen (secondary N) is 3. The van der Waals surface area contributed by atoms with E-state index in [-0.39, 0.29) is 44.6 Å². The van der Waals surface area contributed by atoms with Gasteiger partial charge < -0.3 is 54.8 Å². The number of rotatable bonds is 20. The maximum Gasteiger partial charge on any atom is 0.326 e. The van der Waals surface area contributed by atoms with Crippen molar-refractivity contribution in [3.8, 4) is 0 Å². The lowest BCUT2D eigenvalue weighted by molar-refractivity contribution is -0.142. The van der Waals surface area contributed by atoms with Crippen molar-refractivity contribution in [3.05, 3.63) is 0 Å². The second kappa shape index (κ2) is 18.3. The smallest absolute Gasteiger partial charge is 0.326 e. The van der Waals surface area contributed by atoms with Crippen LogP contribution in [-0.4, -0.2) is 89.0 Å². The first kappa shape index (κ1) is 34.0. The van der Waals surface area contributed by atoms with Gasteiger partial charge in [0.15, 0.2) is 5.96 Å². The summed E-state index contributed by atoms with van der Waals surface area (Å²) in [5.41, 5.74) is 26.7. The molecule has 0 aromatic heterocycles. The van der Waals surface area contributed by atoms with Crippen LogP contribution >= 0.6 is 0 Å². The lowest BCUT2D eigenvalue weighted by atomic mass is 10.0. The van der Waals surface area contributed by atoms with Crippen molar-refractivity contribution in [2.45, 2.75) is 75.5 Å². The molecule has 0 spiro atoms. The average Bonchev–Trinajstić information content (AvgIpc) is 2.81. The van der Waals surface area contributed by atoms with Gasteiger partial charge in [-0.1, -0.05) is 0 Å². The van der Waals surface area contributed by atoms with Crippen LogP contribution in [0.5, 0.6) is 0 Å². The minimum absolute atomic E-state index is 0.0326. The molecule has 0 radical (unpaired) electrons. The summed E-state index contributed by atoms with van der Waals surface area (Å²) in [7, 11) is 0. The molecule has 0 rings (SSSR count). The van der Waals surface area contributed by atoms with Gasteiger partial charge >= 0.3 is 11.9 Å². The first-order chi connectivity index (χ1) is 17.8. The van der Waals surface area contributed by atoms with Crippen molar-refractivity contribution in [2.75, 3.05) is 13.1 Å². The molecule has 15 N–H and O–H groups in total. The van der Waals surface area contributed by atoms with Crippen LogP contribution < -0.4 is 44.6 Å². The van der Waals surface area contributed by atoms with Crippen LogP contribution in [-0.2, 0) is 28.8 Å². The maximum absolute atomic E-state index is 13.0. The number of nitrogens with two attached hydrogens (primary N) is 5. The summed E-state index contributed by atoms with van der Waals surface area (Å²) in [5.74, 6) is -6.27. The summed E-state index contributed by atoms with van der Waals surface area (Å²) in [5, 5.41) is 25.3. The molecule has 0 bridgehead atoms. The summed E-state index contributed by atoms with van der Waals surface area (Å²) < 4.78 is 0. The summed E-state index contributed by atoms with van der Waals surface area (Å²) in [4.78, 5) is 75.8. The van der Waals surface area contributed by atoms with Crippen molar-refractivity contribution in [2.24, 2.45) is 33.7 Å². The monoisotopic (exact) mass is 545 g/mol. The van der Waals surface area contributed by atoms with Crippen molar-refractivity contribution >= 4 is 41.5 Å². The molecule has 0 aliphatic carbocycles. The highest BCUT2D eigenvalue weighted by atomic mass is 16.4. The molecule has 4 unspecified atom stereocenters. The van der Waals surface area contributed by atoms with E-state index in [1.165, 1.54) is 0 Å². The Morgan fingerprint density at radius 1 is 0.737 bits per heavy atom. The molecule has 0 heterocycles. The van der Waals surface area contributed by atoms with E-state index in [0.29, 0.717) is 19.4 Å². The van der Waals surface area contributed by atoms with E-state index in [4.69, 9.17) is 33.8 Å². The minimum Gasteiger partial charge on any atom is -0.481 e. The molecular formula is C21H39N9O8. The number of primary amides is 1. The highest BCUT2D eigenvalue weighted by Gasteiger charge is 2.30. The van der Waals surface area contributed by atoms with E-state index in [1.54, 1.807) is 0 Å². The number of carboxylic acid groups (broad SMARTS) is 2. The van der Waals surface area contributed by atoms with Gasteiger partial charge in [-0.2, -0.15) is 0 Å². The molecule has 17 heteroatoms. The molecule has 0 aliphatic heterocycles. The van der Waals surface area contributed by atoms with Crippen LogP contribution in [0, 0.1) is 0 Å². The van der Waals surface area contributed by atoms with E-state index in [2.05, 4.69) is 20.9 Å². The molecule has 38 heavy (non-hydrogen) atoms. The van der Waals surface area contributed by atoms with Gasteiger partial charge in [-0.05, 0) is 45.1 Å². The molecule has 0 saturated carbocycles. The van der Waals surface area contributed by atoms with Gasteiger partial charge in [0, 0.05) is 13.0 Å². The Labute approximate surface area is 219 Å². The third-order valence-corrected chi connectivity index (χ3v) is 5.18. The van der Waals surface area contributed by atoms with Gasteiger partial charge in [0.1, 0.15) is 18.1 Å². The molecule has 0 fully saturated rings. The Bertz CT molecular complexity index is 864. The van der Waals surface area contributed by atoms with E-state index in [1.807, 2.05) is 0 Å². The van der Waals surface area contributed by atoms with Gasteiger partial charge in [0.05, 0.1) is 12.5 Å². The molecule has 0 aromatic carbocycles. The summed E-state index contributed by atoms with van der Waals surface area (Å²) in [6, 6.07) is -5.40. The predicted molar refractivity (Wildman–Crippen MR) is 135 cm³/mol. The largest absolute Gasteiger partial charge is 0.481 e. The molecule has 17 nitrogen and oxygen atoms in total. The molecule has 0 aromatic rings. The Morgan fingerprint density at radius 3 is 1.76 bits per heavy atom. The van der Waals surface area contributed by atoms with Crippen LogP contribution in [0.2, 0.25) is 0 Å². The van der Waals surface area contributed by atoms with E-state index < -0.39 is 66.2 Å². The number of carbonyl (C=O) groups excluding carboxylic acids is 4. The second-order valence-electron chi connectivity index (χ2n) is 8.46. The summed E-state index contributed by atoms with van der Waals surface area (Å²) >= 11 is 0.